The molecule has 0 atom stereocenters. The number of nitrogen functional groups attached to an aromatic ring is 1. The molecule has 2 aromatic rings. The molecule has 0 fully saturated rings. The topological polar surface area (TPSA) is 26.0 Å². The van der Waals surface area contributed by atoms with Gasteiger partial charge < -0.3 is 5.73 Å². The molecule has 0 amide bonds. The first-order chi connectivity index (χ1) is 8.56. The maximum atomic E-state index is 6.16. The molecule has 3 heteroatoms. The van der Waals surface area contributed by atoms with E-state index in [-0.39, 0.29) is 0 Å². The van der Waals surface area contributed by atoms with Crippen LogP contribution in [0.3, 0.4) is 0 Å². The Balaban J connectivity index is 2.18. The zero-order valence-electron chi connectivity index (χ0n) is 10.5. The molecule has 0 radical (unpaired) electrons. The quantitative estimate of drug-likeness (QED) is 0.781. The average molecular weight is 278 g/mol. The van der Waals surface area contributed by atoms with Crippen LogP contribution in [0.2, 0.25) is 5.02 Å². The van der Waals surface area contributed by atoms with Crippen molar-refractivity contribution in [3.05, 3.63) is 53.1 Å². The van der Waals surface area contributed by atoms with Crippen molar-refractivity contribution in [1.29, 1.82) is 0 Å². The van der Waals surface area contributed by atoms with E-state index in [0.717, 1.165) is 4.90 Å². The lowest BCUT2D eigenvalue weighted by Crippen LogP contribution is -1.86. The van der Waals surface area contributed by atoms with Crippen molar-refractivity contribution < 1.29 is 0 Å². The lowest BCUT2D eigenvalue weighted by atomic mass is 10.0. The Bertz CT molecular complexity index is 535. The van der Waals surface area contributed by atoms with Crippen LogP contribution < -0.4 is 5.73 Å². The lowest BCUT2D eigenvalue weighted by molar-refractivity contribution is 0.865. The van der Waals surface area contributed by atoms with E-state index < -0.39 is 0 Å². The van der Waals surface area contributed by atoms with E-state index in [1.165, 1.54) is 10.5 Å². The Labute approximate surface area is 117 Å². The third-order valence-corrected chi connectivity index (χ3v) is 4.24. The Morgan fingerprint density at radius 2 is 1.72 bits per heavy atom. The molecule has 1 nitrogen and oxygen atoms in total. The van der Waals surface area contributed by atoms with E-state index in [1.54, 1.807) is 17.8 Å². The third-order valence-electron chi connectivity index (χ3n) is 2.73. The number of halogens is 1. The van der Waals surface area contributed by atoms with Crippen molar-refractivity contribution in [3.8, 4) is 0 Å². The van der Waals surface area contributed by atoms with E-state index >= 15 is 0 Å². The Kier molecular flexibility index (Phi) is 4.20. The molecule has 0 saturated heterocycles. The summed E-state index contributed by atoms with van der Waals surface area (Å²) in [5, 5.41) is 0.702. The number of hydrogen-bond donors (Lipinski definition) is 1. The summed E-state index contributed by atoms with van der Waals surface area (Å²) in [4.78, 5) is 2.22. The van der Waals surface area contributed by atoms with Gasteiger partial charge in [0, 0.05) is 15.5 Å². The summed E-state index contributed by atoms with van der Waals surface area (Å²) in [7, 11) is 0. The van der Waals surface area contributed by atoms with Gasteiger partial charge in [0.05, 0.1) is 5.02 Å². The van der Waals surface area contributed by atoms with Gasteiger partial charge in [-0.15, -0.1) is 0 Å². The largest absolute Gasteiger partial charge is 0.399 e. The Morgan fingerprint density at radius 3 is 2.28 bits per heavy atom. The molecule has 0 bridgehead atoms. The maximum Gasteiger partial charge on any atom is 0.0565 e. The van der Waals surface area contributed by atoms with Crippen molar-refractivity contribution in [2.24, 2.45) is 0 Å². The molecule has 0 unspecified atom stereocenters. The van der Waals surface area contributed by atoms with Gasteiger partial charge in [-0.3, -0.25) is 0 Å². The number of rotatable bonds is 3. The number of anilines is 1. The van der Waals surface area contributed by atoms with Gasteiger partial charge in [0.25, 0.3) is 0 Å². The zero-order chi connectivity index (χ0) is 13.1. The predicted molar refractivity (Wildman–Crippen MR) is 80.5 cm³/mol. The minimum absolute atomic E-state index is 0.559. The fraction of sp³-hybridized carbons (Fsp3) is 0.200. The van der Waals surface area contributed by atoms with Crippen LogP contribution in [0.5, 0.6) is 0 Å². The van der Waals surface area contributed by atoms with E-state index in [2.05, 4.69) is 38.1 Å². The van der Waals surface area contributed by atoms with Crippen molar-refractivity contribution in [2.75, 3.05) is 5.73 Å². The average Bonchev–Trinajstić information content (AvgIpc) is 2.33. The fourth-order valence-electron chi connectivity index (χ4n) is 1.65. The fourth-order valence-corrected chi connectivity index (χ4v) is 2.77. The molecule has 2 aromatic carbocycles. The van der Waals surface area contributed by atoms with Gasteiger partial charge in [-0.2, -0.15) is 0 Å². The molecule has 0 aliphatic carbocycles. The van der Waals surface area contributed by atoms with Crippen LogP contribution in [-0.4, -0.2) is 0 Å². The van der Waals surface area contributed by atoms with Gasteiger partial charge >= 0.3 is 0 Å². The molecule has 0 spiro atoms. The van der Waals surface area contributed by atoms with Crippen LogP contribution in [0, 0.1) is 0 Å². The summed E-state index contributed by atoms with van der Waals surface area (Å²) in [5.74, 6) is 0.559. The maximum absolute atomic E-state index is 6.16. The highest BCUT2D eigenvalue weighted by Crippen LogP contribution is 2.34. The van der Waals surface area contributed by atoms with Crippen molar-refractivity contribution in [2.45, 2.75) is 29.6 Å². The van der Waals surface area contributed by atoms with Crippen LogP contribution in [0.15, 0.2) is 52.3 Å². The van der Waals surface area contributed by atoms with Crippen LogP contribution in [0.4, 0.5) is 5.69 Å². The molecule has 2 rings (SSSR count). The molecule has 0 aliphatic heterocycles. The van der Waals surface area contributed by atoms with E-state index in [9.17, 15) is 0 Å². The molecule has 2 N–H and O–H groups in total. The second-order valence-corrected chi connectivity index (χ2v) is 6.04. The number of benzene rings is 2. The smallest absolute Gasteiger partial charge is 0.0565 e. The SMILES string of the molecule is CC(C)c1ccc(Sc2ccc(N)cc2Cl)cc1. The highest BCUT2D eigenvalue weighted by Gasteiger charge is 2.04. The molecule has 0 heterocycles. The standard InChI is InChI=1S/C15H16ClNS/c1-10(2)11-3-6-13(7-4-11)18-15-8-5-12(17)9-14(15)16/h3-10H,17H2,1-2H3. The van der Waals surface area contributed by atoms with Crippen molar-refractivity contribution >= 4 is 29.1 Å². The van der Waals surface area contributed by atoms with Crippen LogP contribution >= 0.6 is 23.4 Å². The minimum Gasteiger partial charge on any atom is -0.399 e. The Hall–Kier alpha value is -1.12. The number of hydrogen-bond acceptors (Lipinski definition) is 2. The summed E-state index contributed by atoms with van der Waals surface area (Å²) < 4.78 is 0. The normalized spacial score (nSPS) is 10.9. The van der Waals surface area contributed by atoms with Gasteiger partial charge in [-0.1, -0.05) is 49.3 Å². The highest BCUT2D eigenvalue weighted by molar-refractivity contribution is 7.99. The molecule has 0 aromatic heterocycles. The number of nitrogens with two attached hydrogens (primary N) is 1. The summed E-state index contributed by atoms with van der Waals surface area (Å²) in [6.45, 7) is 4.39. The summed E-state index contributed by atoms with van der Waals surface area (Å²) in [6, 6.07) is 14.2. The second-order valence-electron chi connectivity index (χ2n) is 4.52. The van der Waals surface area contributed by atoms with Crippen LogP contribution in [0.1, 0.15) is 25.3 Å². The summed E-state index contributed by atoms with van der Waals surface area (Å²) in [6.07, 6.45) is 0. The first-order valence-electron chi connectivity index (χ1n) is 5.89. The highest BCUT2D eigenvalue weighted by atomic mass is 35.5. The van der Waals surface area contributed by atoms with Gasteiger partial charge in [0.15, 0.2) is 0 Å². The van der Waals surface area contributed by atoms with E-state index in [4.69, 9.17) is 17.3 Å². The van der Waals surface area contributed by atoms with Gasteiger partial charge in [0.2, 0.25) is 0 Å². The predicted octanol–water partition coefficient (Wildman–Crippen LogP) is 5.20. The zero-order valence-corrected chi connectivity index (χ0v) is 12.1. The first-order valence-corrected chi connectivity index (χ1v) is 7.08. The lowest BCUT2D eigenvalue weighted by Gasteiger charge is -2.08. The van der Waals surface area contributed by atoms with Crippen molar-refractivity contribution in [1.82, 2.24) is 0 Å². The van der Waals surface area contributed by atoms with E-state index in [1.807, 2.05) is 12.1 Å². The molecule has 18 heavy (non-hydrogen) atoms. The van der Waals surface area contributed by atoms with Crippen LogP contribution in [-0.2, 0) is 0 Å². The first kappa shape index (κ1) is 13.3. The van der Waals surface area contributed by atoms with Gasteiger partial charge in [-0.25, -0.2) is 0 Å². The summed E-state index contributed by atoms with van der Waals surface area (Å²) >= 11 is 7.82. The molecular formula is C15H16ClNS. The van der Waals surface area contributed by atoms with Crippen LogP contribution in [0.25, 0.3) is 0 Å². The van der Waals surface area contributed by atoms with Crippen molar-refractivity contribution in [3.63, 3.8) is 0 Å². The van der Waals surface area contributed by atoms with Gasteiger partial charge in [-0.05, 0) is 41.8 Å². The molecule has 0 aliphatic rings. The third kappa shape index (κ3) is 3.21. The summed E-state index contributed by atoms with van der Waals surface area (Å²) in [5.41, 5.74) is 7.72. The molecule has 94 valence electrons. The van der Waals surface area contributed by atoms with Gasteiger partial charge in [0.1, 0.15) is 0 Å². The monoisotopic (exact) mass is 277 g/mol. The second kappa shape index (κ2) is 5.68. The molecule has 0 saturated carbocycles. The van der Waals surface area contributed by atoms with E-state index in [0.29, 0.717) is 16.6 Å². The molecular weight excluding hydrogens is 262 g/mol. The minimum atomic E-state index is 0.559. The Morgan fingerprint density at radius 1 is 1.06 bits per heavy atom.